The lowest BCUT2D eigenvalue weighted by molar-refractivity contribution is -0.305. The van der Waals surface area contributed by atoms with Crippen LogP contribution in [0.25, 0.3) is 0 Å². The summed E-state index contributed by atoms with van der Waals surface area (Å²) in [5.74, 6) is 0.914. The average molecular weight is 491 g/mol. The lowest BCUT2D eigenvalue weighted by atomic mass is 9.30. The zero-order chi connectivity index (χ0) is 25.6. The molecule has 2 bridgehead atoms. The molecule has 6 rings (SSSR count). The molecule has 1 heterocycles. The molecule has 4 N–H and O–H groups in total. The molecule has 12 atom stereocenters. The summed E-state index contributed by atoms with van der Waals surface area (Å²) in [7, 11) is 0. The second kappa shape index (κ2) is 6.86. The van der Waals surface area contributed by atoms with Crippen molar-refractivity contribution in [1.29, 1.82) is 0 Å². The minimum absolute atomic E-state index is 0.0430. The van der Waals surface area contributed by atoms with Gasteiger partial charge in [-0.25, -0.2) is 0 Å². The molecule has 0 aromatic heterocycles. The topological polar surface area (TPSA) is 90.2 Å². The maximum atomic E-state index is 11.9. The van der Waals surface area contributed by atoms with Crippen LogP contribution in [-0.4, -0.2) is 50.6 Å². The highest BCUT2D eigenvalue weighted by Crippen LogP contribution is 2.81. The van der Waals surface area contributed by atoms with Crippen molar-refractivity contribution in [3.05, 3.63) is 0 Å². The molecule has 0 aromatic rings. The first-order chi connectivity index (χ1) is 16.0. The summed E-state index contributed by atoms with van der Waals surface area (Å²) >= 11 is 0. The van der Waals surface area contributed by atoms with Gasteiger partial charge in [0.25, 0.3) is 0 Å². The lowest BCUT2D eigenvalue weighted by Gasteiger charge is -2.75. The number of rotatable bonds is 0. The fourth-order valence-corrected chi connectivity index (χ4v) is 12.3. The second-order valence-electron chi connectivity index (χ2n) is 16.0. The molecular formula is C30H50O5. The van der Waals surface area contributed by atoms with E-state index in [2.05, 4.69) is 48.5 Å². The van der Waals surface area contributed by atoms with Gasteiger partial charge in [-0.05, 0) is 91.3 Å². The third-order valence-electron chi connectivity index (χ3n) is 14.2. The third-order valence-corrected chi connectivity index (χ3v) is 14.2. The summed E-state index contributed by atoms with van der Waals surface area (Å²) in [5.41, 5.74) is -1.85. The average Bonchev–Trinajstić information content (AvgIpc) is 2.93. The molecule has 5 aliphatic carbocycles. The van der Waals surface area contributed by atoms with Crippen LogP contribution in [-0.2, 0) is 4.74 Å². The van der Waals surface area contributed by atoms with Crippen molar-refractivity contribution in [2.24, 2.45) is 50.2 Å². The van der Waals surface area contributed by atoms with Gasteiger partial charge in [0.15, 0.2) is 6.29 Å². The maximum absolute atomic E-state index is 11.9. The van der Waals surface area contributed by atoms with Gasteiger partial charge in [0.1, 0.15) is 0 Å². The Morgan fingerprint density at radius 3 is 1.94 bits per heavy atom. The van der Waals surface area contributed by atoms with Gasteiger partial charge in [-0.1, -0.05) is 48.5 Å². The van der Waals surface area contributed by atoms with Crippen LogP contribution in [0.1, 0.15) is 106 Å². The van der Waals surface area contributed by atoms with Crippen LogP contribution >= 0.6 is 0 Å². The van der Waals surface area contributed by atoms with Crippen molar-refractivity contribution < 1.29 is 25.2 Å². The summed E-state index contributed by atoms with van der Waals surface area (Å²) in [5, 5.41) is 45.8. The molecule has 1 saturated heterocycles. The van der Waals surface area contributed by atoms with Crippen LogP contribution in [0, 0.1) is 50.2 Å². The number of fused-ring (bicyclic) bond motifs is 4. The van der Waals surface area contributed by atoms with Crippen LogP contribution in [0.3, 0.4) is 0 Å². The molecule has 35 heavy (non-hydrogen) atoms. The number of aliphatic hydroxyl groups excluding tert-OH is 4. The molecule has 1 spiro atoms. The molecule has 6 fully saturated rings. The van der Waals surface area contributed by atoms with Gasteiger partial charge in [-0.15, -0.1) is 0 Å². The van der Waals surface area contributed by atoms with Crippen molar-refractivity contribution >= 4 is 0 Å². The first kappa shape index (κ1) is 25.1. The van der Waals surface area contributed by atoms with E-state index in [0.29, 0.717) is 24.7 Å². The van der Waals surface area contributed by atoms with Gasteiger partial charge >= 0.3 is 0 Å². The van der Waals surface area contributed by atoms with E-state index in [1.165, 1.54) is 0 Å². The smallest absolute Gasteiger partial charge is 0.166 e. The Bertz CT molecular complexity index is 916. The van der Waals surface area contributed by atoms with E-state index in [0.717, 1.165) is 44.9 Å². The van der Waals surface area contributed by atoms with Crippen molar-refractivity contribution in [2.75, 3.05) is 0 Å². The summed E-state index contributed by atoms with van der Waals surface area (Å²) < 4.78 is 6.79. The predicted octanol–water partition coefficient (Wildman–Crippen LogP) is 4.64. The molecule has 0 radical (unpaired) electrons. The number of ether oxygens (including phenoxy) is 1. The second-order valence-corrected chi connectivity index (χ2v) is 16.0. The zero-order valence-electron chi connectivity index (χ0n) is 23.1. The van der Waals surface area contributed by atoms with E-state index >= 15 is 0 Å². The van der Waals surface area contributed by atoms with Gasteiger partial charge in [0, 0.05) is 11.3 Å². The Labute approximate surface area is 212 Å². The van der Waals surface area contributed by atoms with Gasteiger partial charge in [-0.2, -0.15) is 0 Å². The number of hydrogen-bond acceptors (Lipinski definition) is 5. The van der Waals surface area contributed by atoms with E-state index in [4.69, 9.17) is 4.74 Å². The molecule has 0 amide bonds. The van der Waals surface area contributed by atoms with E-state index in [-0.39, 0.29) is 39.1 Å². The van der Waals surface area contributed by atoms with Gasteiger partial charge < -0.3 is 25.2 Å². The van der Waals surface area contributed by atoms with Gasteiger partial charge in [0.05, 0.1) is 29.3 Å². The monoisotopic (exact) mass is 490 g/mol. The molecule has 12 unspecified atom stereocenters. The first-order valence-corrected chi connectivity index (χ1v) is 14.4. The lowest BCUT2D eigenvalue weighted by Crippen LogP contribution is -2.75. The van der Waals surface area contributed by atoms with E-state index < -0.39 is 29.5 Å². The van der Waals surface area contributed by atoms with Gasteiger partial charge in [-0.3, -0.25) is 0 Å². The fourth-order valence-electron chi connectivity index (χ4n) is 12.3. The Morgan fingerprint density at radius 2 is 1.26 bits per heavy atom. The highest BCUT2D eigenvalue weighted by Gasteiger charge is 2.83. The summed E-state index contributed by atoms with van der Waals surface area (Å²) in [6.45, 7) is 16.3. The van der Waals surface area contributed by atoms with Crippen LogP contribution in [0.15, 0.2) is 0 Å². The first-order valence-electron chi connectivity index (χ1n) is 14.4. The van der Waals surface area contributed by atoms with Crippen molar-refractivity contribution in [2.45, 2.75) is 136 Å². The fraction of sp³-hybridized carbons (Fsp3) is 1.00. The van der Waals surface area contributed by atoms with Crippen LogP contribution < -0.4 is 0 Å². The number of hydrogen-bond donors (Lipinski definition) is 4. The molecule has 5 saturated carbocycles. The number of aliphatic hydroxyl groups is 4. The normalized spacial score (nSPS) is 62.3. The molecule has 6 aliphatic rings. The van der Waals surface area contributed by atoms with Crippen LogP contribution in [0.2, 0.25) is 0 Å². The summed E-state index contributed by atoms with van der Waals surface area (Å²) in [4.78, 5) is 0. The quantitative estimate of drug-likeness (QED) is 0.397. The minimum atomic E-state index is -1.12. The molecular weight excluding hydrogens is 440 g/mol. The Balaban J connectivity index is 1.48. The van der Waals surface area contributed by atoms with E-state index in [9.17, 15) is 20.4 Å². The van der Waals surface area contributed by atoms with Crippen molar-refractivity contribution in [3.8, 4) is 0 Å². The standard InChI is InChI=1S/C30H50O5/c1-24(2)14-19-29-13-9-18-26(5)11-10-20(31)25(3,4)17(26)8-12-27(18,6)28(29,7)16-22(33)30(19,21(32)15-24)23(34)35-29/h17-23,31-34H,8-16H2,1-7H3. The highest BCUT2D eigenvalue weighted by atomic mass is 16.6. The predicted molar refractivity (Wildman–Crippen MR) is 134 cm³/mol. The molecule has 1 aliphatic heterocycles. The van der Waals surface area contributed by atoms with Crippen LogP contribution in [0.4, 0.5) is 0 Å². The van der Waals surface area contributed by atoms with Gasteiger partial charge in [0.2, 0.25) is 0 Å². The molecule has 200 valence electrons. The third kappa shape index (κ3) is 2.55. The summed E-state index contributed by atoms with van der Waals surface area (Å²) in [6, 6.07) is 0. The highest BCUT2D eigenvalue weighted by molar-refractivity contribution is 5.30. The zero-order valence-corrected chi connectivity index (χ0v) is 23.1. The minimum Gasteiger partial charge on any atom is -0.393 e. The molecule has 5 nitrogen and oxygen atoms in total. The van der Waals surface area contributed by atoms with Crippen molar-refractivity contribution in [1.82, 2.24) is 0 Å². The summed E-state index contributed by atoms with van der Waals surface area (Å²) in [6.07, 6.45) is 5.13. The van der Waals surface area contributed by atoms with E-state index in [1.807, 2.05) is 0 Å². The Hall–Kier alpha value is -0.200. The van der Waals surface area contributed by atoms with Crippen LogP contribution in [0.5, 0.6) is 0 Å². The molecule has 5 heteroatoms. The Morgan fingerprint density at radius 1 is 0.629 bits per heavy atom. The largest absolute Gasteiger partial charge is 0.393 e. The van der Waals surface area contributed by atoms with Crippen molar-refractivity contribution in [3.63, 3.8) is 0 Å². The van der Waals surface area contributed by atoms with E-state index in [1.54, 1.807) is 0 Å². The molecule has 0 aromatic carbocycles. The SMILES string of the molecule is CC1(C)CC(O)C23C(O)CC4(C)C5(C)CCC6C(C)(C)C(O)CCC6(C)C5CCC4(OC2O)C3C1. The Kier molecular flexibility index (Phi) is 4.92. The maximum Gasteiger partial charge on any atom is 0.166 e.